The number of hydrogen-bond donors (Lipinski definition) is 0. The third-order valence-corrected chi connectivity index (χ3v) is 5.88. The number of hydrogen-bond acceptors (Lipinski definition) is 5. The van der Waals surface area contributed by atoms with E-state index in [1.807, 2.05) is 18.2 Å². The van der Waals surface area contributed by atoms with Crippen molar-refractivity contribution in [3.63, 3.8) is 0 Å². The van der Waals surface area contributed by atoms with Gasteiger partial charge in [-0.25, -0.2) is 9.37 Å². The fourth-order valence-electron chi connectivity index (χ4n) is 3.27. The van der Waals surface area contributed by atoms with Gasteiger partial charge < -0.3 is 14.4 Å². The maximum Gasteiger partial charge on any atom is 0.257 e. The monoisotopic (exact) mass is 398 g/mol. The standard InChI is InChI=1S/C21H19FN2O3S/c1-26-17-8-7-13(11-18(17)27-2)20-23-16-9-10-24(12-19(16)28-20)21(25)14-5-3-4-6-15(14)22/h3-8,11H,9-10,12H2,1-2H3. The van der Waals surface area contributed by atoms with Crippen molar-refractivity contribution in [3.05, 3.63) is 64.4 Å². The van der Waals surface area contributed by atoms with Crippen LogP contribution in [0.4, 0.5) is 4.39 Å². The molecule has 3 aromatic rings. The molecule has 0 radical (unpaired) electrons. The molecule has 5 nitrogen and oxygen atoms in total. The van der Waals surface area contributed by atoms with Crippen LogP contribution in [0.3, 0.4) is 0 Å². The molecule has 4 rings (SSSR count). The summed E-state index contributed by atoms with van der Waals surface area (Å²) in [4.78, 5) is 20.2. The lowest BCUT2D eigenvalue weighted by Crippen LogP contribution is -2.35. The first-order chi connectivity index (χ1) is 13.6. The highest BCUT2D eigenvalue weighted by Crippen LogP contribution is 2.36. The molecular formula is C21H19FN2O3S. The molecule has 0 N–H and O–H groups in total. The van der Waals surface area contributed by atoms with Crippen LogP contribution in [-0.4, -0.2) is 36.6 Å². The Morgan fingerprint density at radius 2 is 1.93 bits per heavy atom. The Labute approximate surface area is 166 Å². The number of thiazole rings is 1. The number of nitrogens with zero attached hydrogens (tertiary/aromatic N) is 2. The number of aromatic nitrogens is 1. The van der Waals surface area contributed by atoms with Gasteiger partial charge in [-0.1, -0.05) is 12.1 Å². The number of rotatable bonds is 4. The number of halogens is 1. The molecule has 1 aliphatic rings. The highest BCUT2D eigenvalue weighted by molar-refractivity contribution is 7.15. The van der Waals surface area contributed by atoms with Gasteiger partial charge in [-0.15, -0.1) is 11.3 Å². The van der Waals surface area contributed by atoms with Crippen molar-refractivity contribution in [2.75, 3.05) is 20.8 Å². The summed E-state index contributed by atoms with van der Waals surface area (Å²) >= 11 is 1.55. The van der Waals surface area contributed by atoms with Crippen molar-refractivity contribution in [2.24, 2.45) is 0 Å². The molecule has 0 fully saturated rings. The number of methoxy groups -OCH3 is 2. The maximum absolute atomic E-state index is 14.0. The number of amides is 1. The molecule has 1 aromatic heterocycles. The SMILES string of the molecule is COc1ccc(-c2nc3c(s2)CN(C(=O)c2ccccc2F)CC3)cc1OC. The first-order valence-corrected chi connectivity index (χ1v) is 9.67. The largest absolute Gasteiger partial charge is 0.493 e. The summed E-state index contributed by atoms with van der Waals surface area (Å²) in [5.41, 5.74) is 2.03. The first-order valence-electron chi connectivity index (χ1n) is 8.85. The van der Waals surface area contributed by atoms with Crippen LogP contribution >= 0.6 is 11.3 Å². The smallest absolute Gasteiger partial charge is 0.257 e. The van der Waals surface area contributed by atoms with E-state index in [-0.39, 0.29) is 11.5 Å². The molecule has 7 heteroatoms. The molecule has 1 aliphatic heterocycles. The molecule has 0 unspecified atom stereocenters. The molecule has 0 atom stereocenters. The summed E-state index contributed by atoms with van der Waals surface area (Å²) in [6.45, 7) is 0.961. The van der Waals surface area contributed by atoms with E-state index >= 15 is 0 Å². The predicted molar refractivity (Wildman–Crippen MR) is 105 cm³/mol. The molecule has 0 saturated heterocycles. The zero-order chi connectivity index (χ0) is 19.7. The molecule has 1 amide bonds. The zero-order valence-corrected chi connectivity index (χ0v) is 16.4. The zero-order valence-electron chi connectivity index (χ0n) is 15.6. The van der Waals surface area contributed by atoms with Crippen molar-refractivity contribution in [1.82, 2.24) is 9.88 Å². The Hall–Kier alpha value is -2.93. The molecule has 2 heterocycles. The Kier molecular flexibility index (Phi) is 5.00. The fourth-order valence-corrected chi connectivity index (χ4v) is 4.39. The summed E-state index contributed by atoms with van der Waals surface area (Å²) in [5, 5.41) is 0.867. The minimum absolute atomic E-state index is 0.107. The summed E-state index contributed by atoms with van der Waals surface area (Å²) in [6.07, 6.45) is 0.652. The Balaban J connectivity index is 1.59. The van der Waals surface area contributed by atoms with Crippen molar-refractivity contribution in [2.45, 2.75) is 13.0 Å². The van der Waals surface area contributed by atoms with Crippen molar-refractivity contribution in [1.29, 1.82) is 0 Å². The number of carbonyl (C=O) groups is 1. The van der Waals surface area contributed by atoms with E-state index in [9.17, 15) is 9.18 Å². The second-order valence-electron chi connectivity index (χ2n) is 6.42. The third-order valence-electron chi connectivity index (χ3n) is 4.75. The highest BCUT2D eigenvalue weighted by atomic mass is 32.1. The van der Waals surface area contributed by atoms with Crippen LogP contribution in [0, 0.1) is 5.82 Å². The van der Waals surface area contributed by atoms with E-state index in [1.54, 1.807) is 42.6 Å². The summed E-state index contributed by atoms with van der Waals surface area (Å²) in [7, 11) is 3.20. The van der Waals surface area contributed by atoms with E-state index in [0.29, 0.717) is 31.0 Å². The van der Waals surface area contributed by atoms with Gasteiger partial charge in [0, 0.05) is 23.4 Å². The maximum atomic E-state index is 14.0. The van der Waals surface area contributed by atoms with Gasteiger partial charge in [0.25, 0.3) is 5.91 Å². The second-order valence-corrected chi connectivity index (χ2v) is 7.50. The molecule has 0 aliphatic carbocycles. The van der Waals surface area contributed by atoms with E-state index < -0.39 is 5.82 Å². The fraction of sp³-hybridized carbons (Fsp3) is 0.238. The lowest BCUT2D eigenvalue weighted by Gasteiger charge is -2.26. The van der Waals surface area contributed by atoms with Gasteiger partial charge in [-0.3, -0.25) is 4.79 Å². The number of benzene rings is 2. The molecular weight excluding hydrogens is 379 g/mol. The first kappa shape index (κ1) is 18.4. The summed E-state index contributed by atoms with van der Waals surface area (Å²) in [5.74, 6) is 0.525. The van der Waals surface area contributed by atoms with Gasteiger partial charge in [-0.2, -0.15) is 0 Å². The van der Waals surface area contributed by atoms with Crippen LogP contribution in [0.15, 0.2) is 42.5 Å². The van der Waals surface area contributed by atoms with Crippen LogP contribution in [0.2, 0.25) is 0 Å². The number of fused-ring (bicyclic) bond motifs is 1. The van der Waals surface area contributed by atoms with E-state index in [2.05, 4.69) is 0 Å². The van der Waals surface area contributed by atoms with Crippen LogP contribution in [-0.2, 0) is 13.0 Å². The van der Waals surface area contributed by atoms with Crippen LogP contribution in [0.5, 0.6) is 11.5 Å². The second kappa shape index (κ2) is 7.59. The van der Waals surface area contributed by atoms with Gasteiger partial charge in [0.05, 0.1) is 32.0 Å². The number of ether oxygens (including phenoxy) is 2. The van der Waals surface area contributed by atoms with Crippen LogP contribution < -0.4 is 9.47 Å². The third kappa shape index (κ3) is 3.33. The summed E-state index contributed by atoms with van der Waals surface area (Å²) < 4.78 is 24.6. The minimum Gasteiger partial charge on any atom is -0.493 e. The van der Waals surface area contributed by atoms with E-state index in [0.717, 1.165) is 21.1 Å². The normalized spacial score (nSPS) is 13.2. The van der Waals surface area contributed by atoms with Gasteiger partial charge >= 0.3 is 0 Å². The van der Waals surface area contributed by atoms with Crippen LogP contribution in [0.1, 0.15) is 20.9 Å². The quantitative estimate of drug-likeness (QED) is 0.662. The minimum atomic E-state index is -0.492. The molecule has 2 aromatic carbocycles. The predicted octanol–water partition coefficient (Wildman–Crippen LogP) is 4.16. The molecule has 0 bridgehead atoms. The Bertz CT molecular complexity index is 1030. The van der Waals surface area contributed by atoms with E-state index in [1.165, 1.54) is 12.1 Å². The Morgan fingerprint density at radius 1 is 1.14 bits per heavy atom. The average Bonchev–Trinajstić information content (AvgIpc) is 3.16. The van der Waals surface area contributed by atoms with Gasteiger partial charge in [-0.05, 0) is 30.3 Å². The van der Waals surface area contributed by atoms with Gasteiger partial charge in [0.2, 0.25) is 0 Å². The van der Waals surface area contributed by atoms with E-state index in [4.69, 9.17) is 14.5 Å². The number of carbonyl (C=O) groups excluding carboxylic acids is 1. The lowest BCUT2D eigenvalue weighted by molar-refractivity contribution is 0.0731. The molecule has 0 spiro atoms. The lowest BCUT2D eigenvalue weighted by atomic mass is 10.1. The van der Waals surface area contributed by atoms with Crippen molar-refractivity contribution >= 4 is 17.2 Å². The van der Waals surface area contributed by atoms with Gasteiger partial charge in [0.15, 0.2) is 11.5 Å². The van der Waals surface area contributed by atoms with Crippen molar-refractivity contribution < 1.29 is 18.7 Å². The van der Waals surface area contributed by atoms with Gasteiger partial charge in [0.1, 0.15) is 10.8 Å². The highest BCUT2D eigenvalue weighted by Gasteiger charge is 2.26. The molecule has 0 saturated carbocycles. The van der Waals surface area contributed by atoms with Crippen molar-refractivity contribution in [3.8, 4) is 22.1 Å². The average molecular weight is 398 g/mol. The topological polar surface area (TPSA) is 51.7 Å². The van der Waals surface area contributed by atoms with Crippen LogP contribution in [0.25, 0.3) is 10.6 Å². The molecule has 28 heavy (non-hydrogen) atoms. The molecule has 144 valence electrons. The Morgan fingerprint density at radius 3 is 2.68 bits per heavy atom. The summed E-state index contributed by atoms with van der Waals surface area (Å²) in [6, 6.07) is 11.8.